The van der Waals surface area contributed by atoms with Gasteiger partial charge in [-0.1, -0.05) is 35.3 Å². The Bertz CT molecular complexity index is 1180. The van der Waals surface area contributed by atoms with Crippen LogP contribution >= 0.6 is 23.2 Å². The van der Waals surface area contributed by atoms with Gasteiger partial charge in [0.2, 0.25) is 11.9 Å². The van der Waals surface area contributed by atoms with Crippen molar-refractivity contribution in [1.29, 1.82) is 0 Å². The lowest BCUT2D eigenvalue weighted by molar-refractivity contribution is -0.116. The molecular weight excluding hydrogens is 411 g/mol. The van der Waals surface area contributed by atoms with E-state index in [4.69, 9.17) is 27.6 Å². The number of para-hydroxylation sites is 2. The molecule has 0 radical (unpaired) electrons. The minimum atomic E-state index is -0.153. The summed E-state index contributed by atoms with van der Waals surface area (Å²) in [5.41, 5.74) is 2.54. The van der Waals surface area contributed by atoms with E-state index < -0.39 is 0 Å². The lowest BCUT2D eigenvalue weighted by Gasteiger charge is -2.07. The number of imidazole rings is 1. The Morgan fingerprint density at radius 3 is 2.83 bits per heavy atom. The number of nitrogens with one attached hydrogen (secondary N) is 1. The SMILES string of the molecule is CCn1c(NC(=O)CCc2ncc(-c3ccc(Cl)cc3Cl)o2)nc2ccccc21. The fraction of sp³-hybridized carbons (Fsp3) is 0.190. The van der Waals surface area contributed by atoms with Crippen LogP contribution in [0.1, 0.15) is 19.2 Å². The van der Waals surface area contributed by atoms with Crippen LogP contribution in [-0.2, 0) is 17.8 Å². The molecular formula is C21H18Cl2N4O2. The van der Waals surface area contributed by atoms with Crippen molar-refractivity contribution in [2.24, 2.45) is 0 Å². The molecule has 0 saturated heterocycles. The van der Waals surface area contributed by atoms with Crippen LogP contribution in [0.5, 0.6) is 0 Å². The summed E-state index contributed by atoms with van der Waals surface area (Å²) in [6, 6.07) is 12.9. The molecule has 0 aliphatic rings. The van der Waals surface area contributed by atoms with Crippen molar-refractivity contribution >= 4 is 46.1 Å². The number of benzene rings is 2. The first-order chi connectivity index (χ1) is 14.0. The van der Waals surface area contributed by atoms with Crippen LogP contribution in [0.3, 0.4) is 0 Å². The van der Waals surface area contributed by atoms with E-state index in [9.17, 15) is 4.79 Å². The molecule has 8 heteroatoms. The van der Waals surface area contributed by atoms with E-state index in [-0.39, 0.29) is 12.3 Å². The number of carbonyl (C=O) groups excluding carboxylic acids is 1. The normalized spacial score (nSPS) is 11.1. The third-order valence-electron chi connectivity index (χ3n) is 4.54. The van der Waals surface area contributed by atoms with E-state index in [1.54, 1.807) is 24.4 Å². The molecule has 0 bridgehead atoms. The second kappa shape index (κ2) is 8.27. The first-order valence-corrected chi connectivity index (χ1v) is 9.96. The number of nitrogens with zero attached hydrogens (tertiary/aromatic N) is 3. The van der Waals surface area contributed by atoms with Crippen molar-refractivity contribution in [1.82, 2.24) is 14.5 Å². The zero-order valence-electron chi connectivity index (χ0n) is 15.7. The van der Waals surface area contributed by atoms with E-state index in [0.29, 0.717) is 46.2 Å². The number of anilines is 1. The smallest absolute Gasteiger partial charge is 0.227 e. The summed E-state index contributed by atoms with van der Waals surface area (Å²) in [6.07, 6.45) is 2.18. The summed E-state index contributed by atoms with van der Waals surface area (Å²) in [5.74, 6) is 1.39. The fourth-order valence-electron chi connectivity index (χ4n) is 3.14. The van der Waals surface area contributed by atoms with Gasteiger partial charge in [0.1, 0.15) is 0 Å². The molecule has 2 heterocycles. The molecule has 1 N–H and O–H groups in total. The molecule has 0 unspecified atom stereocenters. The van der Waals surface area contributed by atoms with Gasteiger partial charge in [-0.25, -0.2) is 9.97 Å². The lowest BCUT2D eigenvalue weighted by Crippen LogP contribution is -2.16. The van der Waals surface area contributed by atoms with Crippen LogP contribution in [0.4, 0.5) is 5.95 Å². The zero-order chi connectivity index (χ0) is 20.4. The van der Waals surface area contributed by atoms with Crippen LogP contribution in [0.15, 0.2) is 53.1 Å². The molecule has 2 aromatic carbocycles. The summed E-state index contributed by atoms with van der Waals surface area (Å²) in [7, 11) is 0. The maximum atomic E-state index is 12.4. The van der Waals surface area contributed by atoms with Gasteiger partial charge in [-0.05, 0) is 37.3 Å². The number of amides is 1. The third-order valence-corrected chi connectivity index (χ3v) is 5.09. The lowest BCUT2D eigenvalue weighted by atomic mass is 10.2. The molecule has 0 aliphatic carbocycles. The Kier molecular flexibility index (Phi) is 5.56. The van der Waals surface area contributed by atoms with Crippen molar-refractivity contribution < 1.29 is 9.21 Å². The number of halogens is 2. The molecule has 2 aromatic heterocycles. The monoisotopic (exact) mass is 428 g/mol. The second-order valence-electron chi connectivity index (χ2n) is 6.46. The second-order valence-corrected chi connectivity index (χ2v) is 7.30. The van der Waals surface area contributed by atoms with E-state index in [0.717, 1.165) is 11.0 Å². The van der Waals surface area contributed by atoms with Crippen LogP contribution in [0.2, 0.25) is 10.0 Å². The topological polar surface area (TPSA) is 73.0 Å². The number of fused-ring (bicyclic) bond motifs is 1. The number of carbonyl (C=O) groups is 1. The average molecular weight is 429 g/mol. The standard InChI is InChI=1S/C21H18Cl2N4O2/c1-2-27-17-6-4-3-5-16(17)25-21(27)26-19(28)9-10-20-24-12-18(29-20)14-8-7-13(22)11-15(14)23/h3-8,11-12H,2,9-10H2,1H3,(H,25,26,28). The molecule has 148 valence electrons. The zero-order valence-corrected chi connectivity index (χ0v) is 17.2. The van der Waals surface area contributed by atoms with Crippen molar-refractivity contribution in [3.63, 3.8) is 0 Å². The van der Waals surface area contributed by atoms with Gasteiger partial charge in [-0.15, -0.1) is 0 Å². The van der Waals surface area contributed by atoms with E-state index in [1.807, 2.05) is 35.8 Å². The molecule has 4 rings (SSSR count). The van der Waals surface area contributed by atoms with Crippen LogP contribution in [-0.4, -0.2) is 20.4 Å². The molecule has 6 nitrogen and oxygen atoms in total. The number of rotatable bonds is 6. The van der Waals surface area contributed by atoms with Gasteiger partial charge in [-0.3, -0.25) is 10.1 Å². The highest BCUT2D eigenvalue weighted by atomic mass is 35.5. The predicted octanol–water partition coefficient (Wildman–Crippen LogP) is 5.59. The van der Waals surface area contributed by atoms with Crippen LogP contribution in [0.25, 0.3) is 22.4 Å². The van der Waals surface area contributed by atoms with Gasteiger partial charge < -0.3 is 8.98 Å². The maximum absolute atomic E-state index is 12.4. The summed E-state index contributed by atoms with van der Waals surface area (Å²) < 4.78 is 7.72. The molecule has 29 heavy (non-hydrogen) atoms. The average Bonchev–Trinajstić information content (AvgIpc) is 3.30. The predicted molar refractivity (Wildman–Crippen MR) is 114 cm³/mol. The summed E-state index contributed by atoms with van der Waals surface area (Å²) in [4.78, 5) is 21.2. The van der Waals surface area contributed by atoms with Crippen molar-refractivity contribution in [3.05, 3.63) is 64.6 Å². The van der Waals surface area contributed by atoms with Crippen LogP contribution in [0, 0.1) is 0 Å². The minimum Gasteiger partial charge on any atom is -0.441 e. The molecule has 4 aromatic rings. The highest BCUT2D eigenvalue weighted by Gasteiger charge is 2.14. The fourth-order valence-corrected chi connectivity index (χ4v) is 3.64. The number of aryl methyl sites for hydroxylation is 2. The van der Waals surface area contributed by atoms with E-state index in [2.05, 4.69) is 15.3 Å². The number of aromatic nitrogens is 3. The van der Waals surface area contributed by atoms with Crippen molar-refractivity contribution in [2.75, 3.05) is 5.32 Å². The Labute approximate surface area is 177 Å². The first kappa shape index (κ1) is 19.5. The van der Waals surface area contributed by atoms with Crippen LogP contribution < -0.4 is 5.32 Å². The summed E-state index contributed by atoms with van der Waals surface area (Å²) in [5, 5.41) is 3.91. The van der Waals surface area contributed by atoms with Gasteiger partial charge in [0, 0.05) is 30.0 Å². The largest absolute Gasteiger partial charge is 0.441 e. The van der Waals surface area contributed by atoms with Gasteiger partial charge in [0.05, 0.1) is 22.3 Å². The molecule has 0 atom stereocenters. The Hall–Kier alpha value is -2.83. The molecule has 1 amide bonds. The van der Waals surface area contributed by atoms with Gasteiger partial charge in [0.15, 0.2) is 11.7 Å². The number of hydrogen-bond donors (Lipinski definition) is 1. The van der Waals surface area contributed by atoms with E-state index in [1.165, 1.54) is 0 Å². The molecule has 0 fully saturated rings. The van der Waals surface area contributed by atoms with Crippen molar-refractivity contribution in [2.45, 2.75) is 26.3 Å². The van der Waals surface area contributed by atoms with Gasteiger partial charge in [0.25, 0.3) is 0 Å². The Morgan fingerprint density at radius 2 is 2.03 bits per heavy atom. The Balaban J connectivity index is 1.42. The first-order valence-electron chi connectivity index (χ1n) is 9.20. The minimum absolute atomic E-state index is 0.153. The quantitative estimate of drug-likeness (QED) is 0.434. The highest BCUT2D eigenvalue weighted by molar-refractivity contribution is 6.36. The molecule has 0 spiro atoms. The number of hydrogen-bond acceptors (Lipinski definition) is 4. The number of oxazole rings is 1. The van der Waals surface area contributed by atoms with E-state index >= 15 is 0 Å². The molecule has 0 saturated carbocycles. The molecule has 0 aliphatic heterocycles. The van der Waals surface area contributed by atoms with Crippen molar-refractivity contribution in [3.8, 4) is 11.3 Å². The highest BCUT2D eigenvalue weighted by Crippen LogP contribution is 2.31. The Morgan fingerprint density at radius 1 is 1.21 bits per heavy atom. The van der Waals surface area contributed by atoms with Gasteiger partial charge in [-0.2, -0.15) is 0 Å². The van der Waals surface area contributed by atoms with Gasteiger partial charge >= 0.3 is 0 Å². The summed E-state index contributed by atoms with van der Waals surface area (Å²) in [6.45, 7) is 2.72. The summed E-state index contributed by atoms with van der Waals surface area (Å²) >= 11 is 12.1. The maximum Gasteiger partial charge on any atom is 0.227 e. The third kappa shape index (κ3) is 4.13.